The Morgan fingerprint density at radius 3 is 2.25 bits per heavy atom. The average Bonchev–Trinajstić information content (AvgIpc) is 2.86. The van der Waals surface area contributed by atoms with Crippen LogP contribution in [0.15, 0.2) is 36.0 Å². The second-order valence-electron chi connectivity index (χ2n) is 6.01. The quantitative estimate of drug-likeness (QED) is 0.777. The summed E-state index contributed by atoms with van der Waals surface area (Å²) in [6, 6.07) is 7.99. The van der Waals surface area contributed by atoms with Gasteiger partial charge in [-0.15, -0.1) is 0 Å². The lowest BCUT2D eigenvalue weighted by Gasteiger charge is -2.37. The summed E-state index contributed by atoms with van der Waals surface area (Å²) in [6.45, 7) is 2.45. The molecule has 106 valence electrons. The van der Waals surface area contributed by atoms with Gasteiger partial charge in [0, 0.05) is 31.6 Å². The largest absolute Gasteiger partial charge is 0.448 e. The van der Waals surface area contributed by atoms with Gasteiger partial charge in [0.05, 0.1) is 0 Å². The van der Waals surface area contributed by atoms with E-state index in [4.69, 9.17) is 9.47 Å². The lowest BCUT2D eigenvalue weighted by Crippen LogP contribution is -2.42. The number of allylic oxidation sites excluding steroid dienone is 1. The summed E-state index contributed by atoms with van der Waals surface area (Å²) in [5.41, 5.74) is 1.50. The number of fused-ring (bicyclic) bond motifs is 1. The molecule has 2 heterocycles. The molecular weight excluding hydrogens is 250 g/mol. The third-order valence-electron chi connectivity index (χ3n) is 4.61. The van der Waals surface area contributed by atoms with Crippen LogP contribution in [0.1, 0.15) is 38.5 Å². The van der Waals surface area contributed by atoms with Crippen LogP contribution in [0.25, 0.3) is 0 Å². The van der Waals surface area contributed by atoms with Crippen molar-refractivity contribution in [2.45, 2.75) is 44.3 Å². The monoisotopic (exact) mass is 271 g/mol. The van der Waals surface area contributed by atoms with Crippen molar-refractivity contribution in [2.24, 2.45) is 0 Å². The molecule has 4 rings (SSSR count). The molecule has 0 amide bonds. The molecule has 1 saturated heterocycles. The Balaban J connectivity index is 1.48. The fraction of sp³-hybridized carbons (Fsp3) is 0.529. The van der Waals surface area contributed by atoms with Crippen molar-refractivity contribution >= 4 is 0 Å². The molecule has 0 radical (unpaired) electrons. The average molecular weight is 271 g/mol. The Labute approximate surface area is 120 Å². The van der Waals surface area contributed by atoms with Crippen molar-refractivity contribution in [3.63, 3.8) is 0 Å². The summed E-state index contributed by atoms with van der Waals surface area (Å²) in [4.78, 5) is 2.55. The second-order valence-corrected chi connectivity index (χ2v) is 6.01. The molecule has 1 aliphatic carbocycles. The maximum atomic E-state index is 6.09. The summed E-state index contributed by atoms with van der Waals surface area (Å²) in [6.07, 6.45) is 9.25. The highest BCUT2D eigenvalue weighted by molar-refractivity contribution is 5.43. The van der Waals surface area contributed by atoms with E-state index in [1.807, 2.05) is 24.3 Å². The molecular formula is C17H21NO2. The lowest BCUT2D eigenvalue weighted by atomic mass is 9.96. The molecule has 1 fully saturated rings. The molecule has 1 aromatic rings. The SMILES string of the molecule is C1=C(N2CCCCC2)CCC2(C1)Oc1ccccc1O2. The van der Waals surface area contributed by atoms with Gasteiger partial charge in [0.1, 0.15) is 0 Å². The molecule has 0 N–H and O–H groups in total. The first kappa shape index (κ1) is 12.1. The van der Waals surface area contributed by atoms with Gasteiger partial charge in [0.25, 0.3) is 5.79 Å². The van der Waals surface area contributed by atoms with Crippen LogP contribution in [-0.2, 0) is 0 Å². The number of ether oxygens (including phenoxy) is 2. The van der Waals surface area contributed by atoms with Crippen molar-refractivity contribution < 1.29 is 9.47 Å². The Bertz CT molecular complexity index is 507. The normalized spacial score (nSPS) is 23.8. The van der Waals surface area contributed by atoms with Gasteiger partial charge in [-0.25, -0.2) is 0 Å². The molecule has 1 spiro atoms. The Morgan fingerprint density at radius 1 is 0.950 bits per heavy atom. The standard InChI is InChI=1S/C17H21NO2/c1-4-12-18(13-5-1)14-8-10-17(11-9-14)19-15-6-2-3-7-16(15)20-17/h2-3,6-8H,1,4-5,9-13H2. The summed E-state index contributed by atoms with van der Waals surface area (Å²) in [7, 11) is 0. The van der Waals surface area contributed by atoms with Crippen LogP contribution in [0, 0.1) is 0 Å². The third kappa shape index (κ3) is 2.05. The first-order valence-corrected chi connectivity index (χ1v) is 7.76. The summed E-state index contributed by atoms with van der Waals surface area (Å²) in [5, 5.41) is 0. The lowest BCUT2D eigenvalue weighted by molar-refractivity contribution is -0.0877. The van der Waals surface area contributed by atoms with Crippen LogP contribution in [0.5, 0.6) is 11.5 Å². The Morgan fingerprint density at radius 2 is 1.65 bits per heavy atom. The van der Waals surface area contributed by atoms with Gasteiger partial charge < -0.3 is 14.4 Å². The zero-order chi connectivity index (χ0) is 13.4. The number of nitrogens with zero attached hydrogens (tertiary/aromatic N) is 1. The van der Waals surface area contributed by atoms with Crippen molar-refractivity contribution in [1.82, 2.24) is 4.90 Å². The number of benzene rings is 1. The van der Waals surface area contributed by atoms with E-state index in [1.165, 1.54) is 38.0 Å². The summed E-state index contributed by atoms with van der Waals surface area (Å²) < 4.78 is 12.2. The highest BCUT2D eigenvalue weighted by atomic mass is 16.7. The van der Waals surface area contributed by atoms with Gasteiger partial charge in [-0.3, -0.25) is 0 Å². The van der Waals surface area contributed by atoms with E-state index in [9.17, 15) is 0 Å². The van der Waals surface area contributed by atoms with E-state index in [0.29, 0.717) is 0 Å². The minimum atomic E-state index is -0.441. The van der Waals surface area contributed by atoms with Crippen LogP contribution >= 0.6 is 0 Å². The van der Waals surface area contributed by atoms with Gasteiger partial charge in [-0.05, 0) is 37.8 Å². The van der Waals surface area contributed by atoms with Crippen LogP contribution in [-0.4, -0.2) is 23.8 Å². The van der Waals surface area contributed by atoms with E-state index < -0.39 is 5.79 Å². The molecule has 1 aromatic carbocycles. The molecule has 0 atom stereocenters. The number of likely N-dealkylation sites (tertiary alicyclic amines) is 1. The molecule has 20 heavy (non-hydrogen) atoms. The molecule has 0 saturated carbocycles. The predicted octanol–water partition coefficient (Wildman–Crippen LogP) is 3.71. The molecule has 2 aliphatic heterocycles. The van der Waals surface area contributed by atoms with Crippen LogP contribution < -0.4 is 9.47 Å². The van der Waals surface area contributed by atoms with Crippen molar-refractivity contribution in [1.29, 1.82) is 0 Å². The first-order chi connectivity index (χ1) is 9.85. The Kier molecular flexibility index (Phi) is 2.86. The zero-order valence-corrected chi connectivity index (χ0v) is 11.8. The zero-order valence-electron chi connectivity index (χ0n) is 11.8. The van der Waals surface area contributed by atoms with Gasteiger partial charge in [-0.2, -0.15) is 0 Å². The molecule has 3 nitrogen and oxygen atoms in total. The van der Waals surface area contributed by atoms with Crippen molar-refractivity contribution in [3.8, 4) is 11.5 Å². The highest BCUT2D eigenvalue weighted by Gasteiger charge is 2.42. The van der Waals surface area contributed by atoms with E-state index >= 15 is 0 Å². The smallest absolute Gasteiger partial charge is 0.255 e. The highest BCUT2D eigenvalue weighted by Crippen LogP contribution is 2.45. The Hall–Kier alpha value is -1.64. The molecule has 3 aliphatic rings. The van der Waals surface area contributed by atoms with E-state index in [1.54, 1.807) is 0 Å². The molecule has 0 bridgehead atoms. The van der Waals surface area contributed by atoms with Gasteiger partial charge in [0.15, 0.2) is 11.5 Å². The number of rotatable bonds is 1. The number of para-hydroxylation sites is 2. The van der Waals surface area contributed by atoms with Gasteiger partial charge >= 0.3 is 0 Å². The fourth-order valence-corrected chi connectivity index (χ4v) is 3.49. The molecule has 0 unspecified atom stereocenters. The van der Waals surface area contributed by atoms with E-state index in [0.717, 1.165) is 30.8 Å². The summed E-state index contributed by atoms with van der Waals surface area (Å²) in [5.74, 6) is 1.34. The van der Waals surface area contributed by atoms with Crippen LogP contribution in [0.4, 0.5) is 0 Å². The van der Waals surface area contributed by atoms with E-state index in [-0.39, 0.29) is 0 Å². The number of hydrogen-bond acceptors (Lipinski definition) is 3. The molecule has 3 heteroatoms. The third-order valence-corrected chi connectivity index (χ3v) is 4.61. The number of hydrogen-bond donors (Lipinski definition) is 0. The maximum absolute atomic E-state index is 6.09. The summed E-state index contributed by atoms with van der Waals surface area (Å²) >= 11 is 0. The topological polar surface area (TPSA) is 21.7 Å². The fourth-order valence-electron chi connectivity index (χ4n) is 3.49. The van der Waals surface area contributed by atoms with Gasteiger partial charge in [-0.1, -0.05) is 18.2 Å². The van der Waals surface area contributed by atoms with Crippen molar-refractivity contribution in [2.75, 3.05) is 13.1 Å². The minimum absolute atomic E-state index is 0.441. The van der Waals surface area contributed by atoms with Crippen LogP contribution in [0.2, 0.25) is 0 Å². The minimum Gasteiger partial charge on any atom is -0.448 e. The number of piperidine rings is 1. The first-order valence-electron chi connectivity index (χ1n) is 7.76. The molecule has 0 aromatic heterocycles. The van der Waals surface area contributed by atoms with Crippen LogP contribution in [0.3, 0.4) is 0 Å². The van der Waals surface area contributed by atoms with Crippen molar-refractivity contribution in [3.05, 3.63) is 36.0 Å². The van der Waals surface area contributed by atoms with E-state index in [2.05, 4.69) is 11.0 Å². The van der Waals surface area contributed by atoms with Gasteiger partial charge in [0.2, 0.25) is 0 Å². The second kappa shape index (κ2) is 4.72. The predicted molar refractivity (Wildman–Crippen MR) is 77.8 cm³/mol. The maximum Gasteiger partial charge on any atom is 0.255 e.